The molecule has 1 aliphatic rings. The molecule has 0 aromatic carbocycles. The van der Waals surface area contributed by atoms with Gasteiger partial charge in [0.2, 0.25) is 0 Å². The third-order valence-corrected chi connectivity index (χ3v) is 5.48. The third kappa shape index (κ3) is 3.61. The molecule has 1 saturated heterocycles. The first-order chi connectivity index (χ1) is 11.8. The molecule has 2 aromatic rings. The van der Waals surface area contributed by atoms with Crippen LogP contribution in [0.3, 0.4) is 0 Å². The number of H-pyrrole nitrogens is 1. The van der Waals surface area contributed by atoms with Gasteiger partial charge in [-0.3, -0.25) is 4.79 Å². The lowest BCUT2D eigenvalue weighted by molar-refractivity contribution is -0.475. The van der Waals surface area contributed by atoms with E-state index in [4.69, 9.17) is 4.98 Å². The molecule has 3 rings (SSSR count). The van der Waals surface area contributed by atoms with E-state index < -0.39 is 0 Å². The third-order valence-electron chi connectivity index (χ3n) is 4.70. The second-order valence-corrected chi connectivity index (χ2v) is 7.71. The van der Waals surface area contributed by atoms with Gasteiger partial charge < -0.3 is 20.7 Å². The Kier molecular flexibility index (Phi) is 4.95. The van der Waals surface area contributed by atoms with Gasteiger partial charge in [0, 0.05) is 37.7 Å². The average molecular weight is 409 g/mol. The van der Waals surface area contributed by atoms with E-state index in [0.717, 1.165) is 37.4 Å². The maximum atomic E-state index is 11.8. The fourth-order valence-electron chi connectivity index (χ4n) is 3.06. The van der Waals surface area contributed by atoms with Crippen molar-refractivity contribution in [3.8, 4) is 11.3 Å². The number of piperidine rings is 1. The average Bonchev–Trinajstić information content (AvgIpc) is 2.57. The minimum absolute atomic E-state index is 0.0915. The molecule has 0 spiro atoms. The number of aromatic nitrogens is 3. The molecule has 0 aliphatic carbocycles. The normalized spacial score (nSPS) is 16.9. The monoisotopic (exact) mass is 408 g/mol. The molecule has 0 amide bonds. The SMILES string of the molecule is Cc1nc(N2CCC(C)([NH3+])CC2)c(CO)nc1-c1cc[nH]c(=O)c1Br. The molecule has 0 bridgehead atoms. The highest BCUT2D eigenvalue weighted by Gasteiger charge is 2.31. The predicted molar refractivity (Wildman–Crippen MR) is 99.2 cm³/mol. The van der Waals surface area contributed by atoms with Crippen molar-refractivity contribution in [1.82, 2.24) is 15.0 Å². The van der Waals surface area contributed by atoms with Crippen LogP contribution in [0.25, 0.3) is 11.3 Å². The second kappa shape index (κ2) is 6.86. The van der Waals surface area contributed by atoms with Crippen molar-refractivity contribution >= 4 is 21.7 Å². The highest BCUT2D eigenvalue weighted by Crippen LogP contribution is 2.30. The molecule has 0 saturated carbocycles. The van der Waals surface area contributed by atoms with E-state index in [-0.39, 0.29) is 17.7 Å². The number of nitrogens with one attached hydrogen (secondary N) is 1. The van der Waals surface area contributed by atoms with Gasteiger partial charge in [-0.15, -0.1) is 0 Å². The van der Waals surface area contributed by atoms with Crippen LogP contribution in [0.1, 0.15) is 31.2 Å². The summed E-state index contributed by atoms with van der Waals surface area (Å²) in [5.41, 5.74) is 6.63. The number of hydrogen-bond acceptors (Lipinski definition) is 5. The van der Waals surface area contributed by atoms with Crippen LogP contribution in [0.4, 0.5) is 5.82 Å². The number of hydrogen-bond donors (Lipinski definition) is 3. The van der Waals surface area contributed by atoms with Crippen LogP contribution >= 0.6 is 15.9 Å². The summed E-state index contributed by atoms with van der Waals surface area (Å²) in [7, 11) is 0. The number of rotatable bonds is 3. The lowest BCUT2D eigenvalue weighted by Crippen LogP contribution is -2.73. The van der Waals surface area contributed by atoms with E-state index in [2.05, 4.69) is 43.5 Å². The van der Waals surface area contributed by atoms with Crippen molar-refractivity contribution in [1.29, 1.82) is 0 Å². The highest BCUT2D eigenvalue weighted by atomic mass is 79.9. The second-order valence-electron chi connectivity index (χ2n) is 6.92. The van der Waals surface area contributed by atoms with Gasteiger partial charge in [-0.05, 0) is 35.8 Å². The van der Waals surface area contributed by atoms with Crippen LogP contribution < -0.4 is 16.2 Å². The van der Waals surface area contributed by atoms with E-state index in [1.54, 1.807) is 12.3 Å². The Morgan fingerprint density at radius 1 is 1.40 bits per heavy atom. The standard InChI is InChI=1S/C17H22BrN5O2/c1-10-14(11-3-6-20-16(25)13(11)18)22-12(9-24)15(21-10)23-7-4-17(2,19)5-8-23/h3,6,24H,4-5,7-9,19H2,1-2H3,(H,20,25)/p+1. The van der Waals surface area contributed by atoms with Gasteiger partial charge >= 0.3 is 0 Å². The Labute approximate surface area is 154 Å². The Morgan fingerprint density at radius 2 is 2.08 bits per heavy atom. The van der Waals surface area contributed by atoms with Crippen LogP contribution in [-0.4, -0.2) is 38.7 Å². The number of nitrogens with zero attached hydrogens (tertiary/aromatic N) is 3. The van der Waals surface area contributed by atoms with Crippen molar-refractivity contribution in [2.24, 2.45) is 0 Å². The number of quaternary nitrogens is 1. The number of aromatic amines is 1. The van der Waals surface area contributed by atoms with Gasteiger partial charge in [0.1, 0.15) is 5.69 Å². The van der Waals surface area contributed by atoms with Gasteiger partial charge in [0.05, 0.1) is 28.0 Å². The molecule has 1 fully saturated rings. The molecule has 3 heterocycles. The quantitative estimate of drug-likeness (QED) is 0.701. The van der Waals surface area contributed by atoms with E-state index in [9.17, 15) is 9.90 Å². The molecular weight excluding hydrogens is 386 g/mol. The fourth-order valence-corrected chi connectivity index (χ4v) is 3.49. The lowest BCUT2D eigenvalue weighted by Gasteiger charge is -2.35. The largest absolute Gasteiger partial charge is 0.390 e. The first-order valence-electron chi connectivity index (χ1n) is 8.28. The Balaban J connectivity index is 2.02. The summed E-state index contributed by atoms with van der Waals surface area (Å²) >= 11 is 3.31. The minimum atomic E-state index is -0.223. The van der Waals surface area contributed by atoms with Crippen LogP contribution in [-0.2, 0) is 6.61 Å². The summed E-state index contributed by atoms with van der Waals surface area (Å²) in [5, 5.41) is 9.82. The summed E-state index contributed by atoms with van der Waals surface area (Å²) in [5.74, 6) is 0.722. The molecule has 7 nitrogen and oxygen atoms in total. The van der Waals surface area contributed by atoms with Crippen molar-refractivity contribution < 1.29 is 10.8 Å². The van der Waals surface area contributed by atoms with Crippen molar-refractivity contribution in [2.75, 3.05) is 18.0 Å². The summed E-state index contributed by atoms with van der Waals surface area (Å²) in [6.45, 7) is 5.52. The number of anilines is 1. The first kappa shape index (κ1) is 18.0. The molecule has 0 radical (unpaired) electrons. The van der Waals surface area contributed by atoms with E-state index in [1.165, 1.54) is 0 Å². The molecule has 134 valence electrons. The fraction of sp³-hybridized carbons (Fsp3) is 0.471. The molecule has 5 N–H and O–H groups in total. The number of halogens is 1. The van der Waals surface area contributed by atoms with Crippen LogP contribution in [0, 0.1) is 6.92 Å². The summed E-state index contributed by atoms with van der Waals surface area (Å²) in [6, 6.07) is 1.78. The predicted octanol–water partition coefficient (Wildman–Crippen LogP) is 0.996. The van der Waals surface area contributed by atoms with Crippen molar-refractivity contribution in [3.63, 3.8) is 0 Å². The topological polar surface area (TPSA) is 110 Å². The Hall–Kier alpha value is -1.77. The zero-order chi connectivity index (χ0) is 18.2. The molecule has 0 atom stereocenters. The van der Waals surface area contributed by atoms with Crippen molar-refractivity contribution in [2.45, 2.75) is 38.8 Å². The highest BCUT2D eigenvalue weighted by molar-refractivity contribution is 9.10. The maximum Gasteiger partial charge on any atom is 0.262 e. The number of aryl methyl sites for hydroxylation is 1. The molecule has 1 aliphatic heterocycles. The van der Waals surface area contributed by atoms with Gasteiger partial charge in [-0.25, -0.2) is 9.97 Å². The van der Waals surface area contributed by atoms with Crippen LogP contribution in [0.2, 0.25) is 0 Å². The van der Waals surface area contributed by atoms with E-state index in [0.29, 0.717) is 21.4 Å². The van der Waals surface area contributed by atoms with Crippen molar-refractivity contribution in [3.05, 3.63) is 38.5 Å². The summed E-state index contributed by atoms with van der Waals surface area (Å²) in [4.78, 5) is 26.0. The number of aliphatic hydroxyl groups is 1. The van der Waals surface area contributed by atoms with Gasteiger partial charge in [-0.2, -0.15) is 0 Å². The molecule has 8 heteroatoms. The molecule has 25 heavy (non-hydrogen) atoms. The number of aliphatic hydroxyl groups excluding tert-OH is 1. The smallest absolute Gasteiger partial charge is 0.262 e. The molecular formula is C17H23BrN5O2+. The Morgan fingerprint density at radius 3 is 2.72 bits per heavy atom. The Bertz CT molecular complexity index is 839. The van der Waals surface area contributed by atoms with Gasteiger partial charge in [-0.1, -0.05) is 0 Å². The first-order valence-corrected chi connectivity index (χ1v) is 9.08. The van der Waals surface area contributed by atoms with E-state index >= 15 is 0 Å². The van der Waals surface area contributed by atoms with Crippen LogP contribution in [0.5, 0.6) is 0 Å². The lowest BCUT2D eigenvalue weighted by atomic mass is 9.91. The summed E-state index contributed by atoms with van der Waals surface area (Å²) < 4.78 is 0.412. The number of pyridine rings is 1. The maximum absolute atomic E-state index is 11.8. The van der Waals surface area contributed by atoms with Crippen LogP contribution in [0.15, 0.2) is 21.5 Å². The van der Waals surface area contributed by atoms with E-state index in [1.807, 2.05) is 6.92 Å². The molecule has 0 unspecified atom stereocenters. The van der Waals surface area contributed by atoms with Gasteiger partial charge in [0.15, 0.2) is 5.82 Å². The van der Waals surface area contributed by atoms with Gasteiger partial charge in [0.25, 0.3) is 5.56 Å². The zero-order valence-electron chi connectivity index (χ0n) is 14.5. The summed E-state index contributed by atoms with van der Waals surface area (Å²) in [6.07, 6.45) is 3.52. The zero-order valence-corrected chi connectivity index (χ0v) is 16.1. The molecule has 2 aromatic heterocycles. The minimum Gasteiger partial charge on any atom is -0.390 e.